The molecule has 0 unspecified atom stereocenters. The highest BCUT2D eigenvalue weighted by Gasteiger charge is 2.13. The summed E-state index contributed by atoms with van der Waals surface area (Å²) in [6.45, 7) is 0. The van der Waals surface area contributed by atoms with Gasteiger partial charge in [-0.15, -0.1) is 0 Å². The van der Waals surface area contributed by atoms with E-state index in [4.69, 9.17) is 0 Å². The molecule has 116 valence electrons. The highest BCUT2D eigenvalue weighted by Crippen LogP contribution is 2.26. The summed E-state index contributed by atoms with van der Waals surface area (Å²) >= 11 is 0. The summed E-state index contributed by atoms with van der Waals surface area (Å²) in [5, 5.41) is 0. The van der Waals surface area contributed by atoms with Crippen molar-refractivity contribution >= 4 is 16.6 Å². The number of fused-ring (bicyclic) bond motifs is 1. The first-order chi connectivity index (χ1) is 11.3. The van der Waals surface area contributed by atoms with Gasteiger partial charge in [0.1, 0.15) is 0 Å². The van der Waals surface area contributed by atoms with Gasteiger partial charge >= 0.3 is 5.69 Å². The average Bonchev–Trinajstić information content (AvgIpc) is 2.87. The van der Waals surface area contributed by atoms with Gasteiger partial charge in [-0.3, -0.25) is 14.1 Å². The van der Waals surface area contributed by atoms with Crippen molar-refractivity contribution in [2.45, 2.75) is 25.7 Å². The summed E-state index contributed by atoms with van der Waals surface area (Å²) < 4.78 is 3.40. The molecule has 0 bridgehead atoms. The molecule has 4 heteroatoms. The molecule has 3 aromatic rings. The quantitative estimate of drug-likeness (QED) is 0.724. The van der Waals surface area contributed by atoms with E-state index < -0.39 is 0 Å². The molecule has 0 saturated heterocycles. The monoisotopic (exact) mass is 305 g/mol. The summed E-state index contributed by atoms with van der Waals surface area (Å²) in [6, 6.07) is 11.8. The Morgan fingerprint density at radius 1 is 1.04 bits per heavy atom. The number of aromatic nitrogens is 3. The third-order valence-corrected chi connectivity index (χ3v) is 4.59. The molecule has 1 aliphatic carbocycles. The van der Waals surface area contributed by atoms with E-state index in [0.29, 0.717) is 0 Å². The van der Waals surface area contributed by atoms with Crippen molar-refractivity contribution in [3.63, 3.8) is 0 Å². The van der Waals surface area contributed by atoms with Crippen molar-refractivity contribution in [2.24, 2.45) is 7.05 Å². The highest BCUT2D eigenvalue weighted by molar-refractivity contribution is 5.78. The Morgan fingerprint density at radius 3 is 2.57 bits per heavy atom. The third kappa shape index (κ3) is 2.31. The van der Waals surface area contributed by atoms with Crippen molar-refractivity contribution < 1.29 is 0 Å². The first-order valence-electron chi connectivity index (χ1n) is 8.08. The molecule has 0 fully saturated rings. The standard InChI is InChI=1S/C19H19N3O/c1-21-17-9-5-6-10-18(17)22(19(21)23)15-11-12-16(20-13-15)14-7-3-2-4-8-14/h5-7,9-13H,2-4,8H2,1H3. The zero-order valence-corrected chi connectivity index (χ0v) is 13.2. The Kier molecular flexibility index (Phi) is 3.37. The van der Waals surface area contributed by atoms with Crippen LogP contribution >= 0.6 is 0 Å². The van der Waals surface area contributed by atoms with E-state index >= 15 is 0 Å². The maximum Gasteiger partial charge on any atom is 0.333 e. The summed E-state index contributed by atoms with van der Waals surface area (Å²) in [7, 11) is 1.80. The normalized spacial score (nSPS) is 14.9. The Bertz CT molecular complexity index is 945. The number of para-hydroxylation sites is 2. The van der Waals surface area contributed by atoms with E-state index in [-0.39, 0.29) is 5.69 Å². The summed E-state index contributed by atoms with van der Waals surface area (Å²) in [6.07, 6.45) is 8.83. The van der Waals surface area contributed by atoms with E-state index in [2.05, 4.69) is 11.1 Å². The van der Waals surface area contributed by atoms with E-state index in [1.165, 1.54) is 18.4 Å². The highest BCUT2D eigenvalue weighted by atomic mass is 16.1. The van der Waals surface area contributed by atoms with Gasteiger partial charge in [-0.25, -0.2) is 4.79 Å². The van der Waals surface area contributed by atoms with Crippen LogP contribution in [-0.2, 0) is 7.05 Å². The molecule has 1 aliphatic rings. The Labute approximate surface area is 134 Å². The Hall–Kier alpha value is -2.62. The molecule has 4 rings (SSSR count). The lowest BCUT2D eigenvalue weighted by atomic mass is 9.97. The molecule has 1 aromatic carbocycles. The lowest BCUT2D eigenvalue weighted by Gasteiger charge is -2.12. The Morgan fingerprint density at radius 2 is 1.87 bits per heavy atom. The molecule has 0 amide bonds. The van der Waals surface area contributed by atoms with Crippen LogP contribution in [-0.4, -0.2) is 14.1 Å². The van der Waals surface area contributed by atoms with Crippen LogP contribution in [0.5, 0.6) is 0 Å². The smallest absolute Gasteiger partial charge is 0.295 e. The molecule has 0 saturated carbocycles. The molecular weight excluding hydrogens is 286 g/mol. The van der Waals surface area contributed by atoms with Gasteiger partial charge in [-0.05, 0) is 55.5 Å². The van der Waals surface area contributed by atoms with Crippen LogP contribution in [0.15, 0.2) is 53.5 Å². The lowest BCUT2D eigenvalue weighted by Crippen LogP contribution is -2.21. The van der Waals surface area contributed by atoms with E-state index in [1.807, 2.05) is 36.4 Å². The molecule has 0 atom stereocenters. The van der Waals surface area contributed by atoms with Crippen LogP contribution < -0.4 is 5.69 Å². The first kappa shape index (κ1) is 14.0. The second kappa shape index (κ2) is 5.54. The molecule has 0 radical (unpaired) electrons. The molecule has 0 spiro atoms. The van der Waals surface area contributed by atoms with Crippen molar-refractivity contribution in [1.29, 1.82) is 0 Å². The van der Waals surface area contributed by atoms with Crippen LogP contribution in [0.1, 0.15) is 31.4 Å². The zero-order chi connectivity index (χ0) is 15.8. The van der Waals surface area contributed by atoms with Crippen LogP contribution in [0.3, 0.4) is 0 Å². The number of nitrogens with zero attached hydrogens (tertiary/aromatic N) is 3. The van der Waals surface area contributed by atoms with Crippen LogP contribution in [0.2, 0.25) is 0 Å². The third-order valence-electron chi connectivity index (χ3n) is 4.59. The van der Waals surface area contributed by atoms with Crippen molar-refractivity contribution in [1.82, 2.24) is 14.1 Å². The predicted molar refractivity (Wildman–Crippen MR) is 92.8 cm³/mol. The lowest BCUT2D eigenvalue weighted by molar-refractivity contribution is 0.739. The predicted octanol–water partition coefficient (Wildman–Crippen LogP) is 3.68. The minimum atomic E-state index is -0.0439. The first-order valence-corrected chi connectivity index (χ1v) is 8.08. The molecule has 2 aromatic heterocycles. The van der Waals surface area contributed by atoms with Crippen LogP contribution in [0.25, 0.3) is 22.3 Å². The minimum absolute atomic E-state index is 0.0439. The van der Waals surface area contributed by atoms with Gasteiger partial charge in [-0.1, -0.05) is 18.2 Å². The van der Waals surface area contributed by atoms with Crippen molar-refractivity contribution in [3.05, 3.63) is 64.8 Å². The number of hydrogen-bond acceptors (Lipinski definition) is 2. The van der Waals surface area contributed by atoms with Gasteiger partial charge in [0.05, 0.1) is 28.6 Å². The number of allylic oxidation sites excluding steroid dienone is 2. The number of hydrogen-bond donors (Lipinski definition) is 0. The van der Waals surface area contributed by atoms with Gasteiger partial charge in [0.2, 0.25) is 0 Å². The van der Waals surface area contributed by atoms with E-state index in [1.54, 1.807) is 22.4 Å². The molecule has 2 heterocycles. The number of imidazole rings is 1. The second-order valence-corrected chi connectivity index (χ2v) is 6.04. The maximum atomic E-state index is 12.6. The number of rotatable bonds is 2. The van der Waals surface area contributed by atoms with E-state index in [0.717, 1.165) is 35.3 Å². The van der Waals surface area contributed by atoms with Crippen LogP contribution in [0.4, 0.5) is 0 Å². The van der Waals surface area contributed by atoms with E-state index in [9.17, 15) is 4.79 Å². The van der Waals surface area contributed by atoms with Gasteiger partial charge in [0.15, 0.2) is 0 Å². The molecular formula is C19H19N3O. The SMILES string of the molecule is Cn1c(=O)n(-c2ccc(C3=CCCCC3)nc2)c2ccccc21. The summed E-state index contributed by atoms with van der Waals surface area (Å²) in [4.78, 5) is 17.2. The number of pyridine rings is 1. The largest absolute Gasteiger partial charge is 0.333 e. The fourth-order valence-electron chi connectivity index (χ4n) is 3.32. The molecule has 0 N–H and O–H groups in total. The second-order valence-electron chi connectivity index (χ2n) is 6.04. The zero-order valence-electron chi connectivity index (χ0n) is 13.2. The maximum absolute atomic E-state index is 12.6. The molecule has 23 heavy (non-hydrogen) atoms. The van der Waals surface area contributed by atoms with Gasteiger partial charge in [0, 0.05) is 7.05 Å². The van der Waals surface area contributed by atoms with Crippen LogP contribution in [0, 0.1) is 0 Å². The van der Waals surface area contributed by atoms with Gasteiger partial charge in [0.25, 0.3) is 0 Å². The molecule has 4 nitrogen and oxygen atoms in total. The molecule has 0 aliphatic heterocycles. The van der Waals surface area contributed by atoms with Crippen molar-refractivity contribution in [2.75, 3.05) is 0 Å². The van der Waals surface area contributed by atoms with Crippen molar-refractivity contribution in [3.8, 4) is 5.69 Å². The fourth-order valence-corrected chi connectivity index (χ4v) is 3.32. The fraction of sp³-hybridized carbons (Fsp3) is 0.263. The number of aryl methyl sites for hydroxylation is 1. The average molecular weight is 305 g/mol. The van der Waals surface area contributed by atoms with Gasteiger partial charge in [-0.2, -0.15) is 0 Å². The minimum Gasteiger partial charge on any atom is -0.295 e. The summed E-state index contributed by atoms with van der Waals surface area (Å²) in [5.74, 6) is 0. The van der Waals surface area contributed by atoms with Gasteiger partial charge < -0.3 is 0 Å². The topological polar surface area (TPSA) is 39.8 Å². The Balaban J connectivity index is 1.81. The number of benzene rings is 1. The summed E-state index contributed by atoms with van der Waals surface area (Å²) in [5.41, 5.74) is 4.96.